The van der Waals surface area contributed by atoms with Gasteiger partial charge in [-0.25, -0.2) is 4.79 Å². The van der Waals surface area contributed by atoms with Gasteiger partial charge in [-0.15, -0.1) is 0 Å². The maximum atomic E-state index is 8.56. The van der Waals surface area contributed by atoms with Crippen molar-refractivity contribution in [1.82, 2.24) is 0 Å². The molecule has 0 bridgehead atoms. The van der Waals surface area contributed by atoms with Gasteiger partial charge < -0.3 is 22.7 Å². The molecule has 0 spiro atoms. The molecule has 12 heavy (non-hydrogen) atoms. The zero-order chi connectivity index (χ0) is 9.49. The van der Waals surface area contributed by atoms with Crippen LogP contribution in [0.1, 0.15) is 2.85 Å². The molecule has 5 nitrogen and oxygen atoms in total. The van der Waals surface area contributed by atoms with Gasteiger partial charge in [0.05, 0.1) is 27.7 Å². The van der Waals surface area contributed by atoms with Crippen molar-refractivity contribution in [2.24, 2.45) is 0 Å². The third-order valence-corrected chi connectivity index (χ3v) is 0.771. The van der Waals surface area contributed by atoms with Crippen LogP contribution in [0.25, 0.3) is 0 Å². The maximum Gasteiger partial charge on any atom is 2.00 e. The molecule has 0 aliphatic heterocycles. The van der Waals surface area contributed by atoms with Gasteiger partial charge in [-0.1, -0.05) is 0 Å². The summed E-state index contributed by atoms with van der Waals surface area (Å²) in [5.74, 6) is 0. The van der Waals surface area contributed by atoms with E-state index in [2.05, 4.69) is 21.1 Å². The number of likely N-dealkylation sites (N-methyl/N-ethyl adjacent to an activating group) is 1. The van der Waals surface area contributed by atoms with Crippen LogP contribution in [0.5, 0.6) is 0 Å². The van der Waals surface area contributed by atoms with Gasteiger partial charge in [-0.3, -0.25) is 0 Å². The van der Waals surface area contributed by atoms with Gasteiger partial charge in [0.15, 0.2) is 0 Å². The summed E-state index contributed by atoms with van der Waals surface area (Å²) >= 11 is 0. The average molecular weight is 208 g/mol. The molecule has 6 heteroatoms. The van der Waals surface area contributed by atoms with Crippen LogP contribution in [0.3, 0.4) is 0 Å². The summed E-state index contributed by atoms with van der Waals surface area (Å²) in [7, 11) is 6.16. The number of hydrogen-bond donors (Lipinski definition) is 3. The Morgan fingerprint density at radius 2 is 1.58 bits per heavy atom. The van der Waals surface area contributed by atoms with Crippen LogP contribution in [0, 0.1) is 0 Å². The van der Waals surface area contributed by atoms with Crippen LogP contribution < -0.4 is 0 Å². The largest absolute Gasteiger partial charge is 2.00 e. The molecule has 0 saturated heterocycles. The quantitative estimate of drug-likeness (QED) is 0.432. The number of carboxylic acid groups (broad SMARTS) is 2. The summed E-state index contributed by atoms with van der Waals surface area (Å²) in [6, 6.07) is 0. The van der Waals surface area contributed by atoms with Crippen molar-refractivity contribution in [3.63, 3.8) is 0 Å². The van der Waals surface area contributed by atoms with Gasteiger partial charge in [0.2, 0.25) is 0 Å². The smallest absolute Gasteiger partial charge is 1.00 e. The SMILES string of the molecule is C[N+](C)(C)CCO.O=C(O)O.[Ca+2].[H-].[H-]. The third kappa shape index (κ3) is 47.1. The molecule has 0 aliphatic rings. The Balaban J connectivity index is -0.0000000347. The summed E-state index contributed by atoms with van der Waals surface area (Å²) in [6.07, 6.45) is -1.83. The Morgan fingerprint density at radius 1 is 1.33 bits per heavy atom. The fourth-order valence-electron chi connectivity index (χ4n) is 0.300. The van der Waals surface area contributed by atoms with Crippen LogP contribution in [0.15, 0.2) is 0 Å². The van der Waals surface area contributed by atoms with Crippen molar-refractivity contribution in [2.45, 2.75) is 0 Å². The average Bonchev–Trinajstić information content (AvgIpc) is 1.58. The van der Waals surface area contributed by atoms with Crippen molar-refractivity contribution < 1.29 is 27.5 Å². The molecule has 0 amide bonds. The summed E-state index contributed by atoms with van der Waals surface area (Å²) in [5.41, 5.74) is 0. The Morgan fingerprint density at radius 3 is 1.58 bits per heavy atom. The molecule has 0 aromatic carbocycles. The van der Waals surface area contributed by atoms with Crippen molar-refractivity contribution in [3.8, 4) is 0 Å². The van der Waals surface area contributed by atoms with E-state index in [-0.39, 0.29) is 47.2 Å². The van der Waals surface area contributed by atoms with Crippen molar-refractivity contribution in [2.75, 3.05) is 34.3 Å². The van der Waals surface area contributed by atoms with Crippen LogP contribution in [0.4, 0.5) is 4.79 Å². The van der Waals surface area contributed by atoms with Gasteiger partial charge in [0, 0.05) is 0 Å². The third-order valence-electron chi connectivity index (χ3n) is 0.771. The second-order valence-corrected chi connectivity index (χ2v) is 3.02. The molecule has 0 aromatic heterocycles. The number of aliphatic hydroxyl groups is 1. The first-order chi connectivity index (χ1) is 4.79. The fraction of sp³-hybridized carbons (Fsp3) is 0.833. The van der Waals surface area contributed by atoms with Crippen LogP contribution in [-0.4, -0.2) is 98.0 Å². The maximum absolute atomic E-state index is 8.56. The van der Waals surface area contributed by atoms with E-state index in [4.69, 9.17) is 20.1 Å². The molecule has 0 rings (SSSR count). The molecule has 0 aliphatic carbocycles. The van der Waals surface area contributed by atoms with E-state index in [1.54, 1.807) is 0 Å². The number of nitrogens with zero attached hydrogens (tertiary/aromatic N) is 1. The van der Waals surface area contributed by atoms with E-state index in [0.717, 1.165) is 11.0 Å². The van der Waals surface area contributed by atoms with Crippen LogP contribution >= 0.6 is 0 Å². The Labute approximate surface area is 105 Å². The first-order valence-corrected chi connectivity index (χ1v) is 3.13. The van der Waals surface area contributed by atoms with Gasteiger partial charge >= 0.3 is 43.9 Å². The van der Waals surface area contributed by atoms with Gasteiger partial charge in [-0.05, 0) is 0 Å². The Bertz CT molecular complexity index is 117. The second-order valence-electron chi connectivity index (χ2n) is 3.02. The van der Waals surface area contributed by atoms with Gasteiger partial charge in [-0.2, -0.15) is 0 Å². The fourth-order valence-corrected chi connectivity index (χ4v) is 0.300. The molecule has 0 atom stereocenters. The number of hydrogen-bond acceptors (Lipinski definition) is 2. The molecule has 0 fully saturated rings. The number of aliphatic hydroxyl groups excluding tert-OH is 1. The van der Waals surface area contributed by atoms with E-state index < -0.39 is 6.16 Å². The standard InChI is InChI=1S/C5H14NO.CH2O3.Ca.2H/c1-6(2,3)4-5-7;2-1(3)4;;;/h7H,4-5H2,1-3H3;(H2,2,3,4);;;/q+1;;+2;2*-1. The van der Waals surface area contributed by atoms with E-state index in [0.29, 0.717) is 0 Å². The molecular weight excluding hydrogens is 190 g/mol. The predicted molar refractivity (Wildman–Crippen MR) is 48.6 cm³/mol. The van der Waals surface area contributed by atoms with Crippen LogP contribution in [-0.2, 0) is 0 Å². The Hall–Kier alpha value is 0.450. The molecule has 0 aromatic rings. The van der Waals surface area contributed by atoms with E-state index in [1.165, 1.54) is 0 Å². The summed E-state index contributed by atoms with van der Waals surface area (Å²) in [6.45, 7) is 1.11. The van der Waals surface area contributed by atoms with Crippen molar-refractivity contribution in [3.05, 3.63) is 0 Å². The summed E-state index contributed by atoms with van der Waals surface area (Å²) in [5, 5.41) is 22.3. The minimum Gasteiger partial charge on any atom is -1.00 e. The summed E-state index contributed by atoms with van der Waals surface area (Å²) in [4.78, 5) is 8.56. The Kier molecular flexibility index (Phi) is 14.5. The summed E-state index contributed by atoms with van der Waals surface area (Å²) < 4.78 is 0.844. The zero-order valence-corrected chi connectivity index (χ0v) is 10.0. The molecule has 3 N–H and O–H groups in total. The van der Waals surface area contributed by atoms with E-state index in [1.807, 2.05) is 0 Å². The minimum absolute atomic E-state index is 0. The first kappa shape index (κ1) is 18.3. The van der Waals surface area contributed by atoms with Gasteiger partial charge in [0.1, 0.15) is 6.54 Å². The zero-order valence-electron chi connectivity index (χ0n) is 9.82. The molecule has 0 unspecified atom stereocenters. The van der Waals surface area contributed by atoms with E-state index in [9.17, 15) is 0 Å². The number of quaternary nitrogens is 1. The predicted octanol–water partition coefficient (Wildman–Crippen LogP) is -0.248. The molecule has 0 heterocycles. The molecule has 0 saturated carbocycles. The number of rotatable bonds is 2. The van der Waals surface area contributed by atoms with Crippen molar-refractivity contribution >= 4 is 43.9 Å². The second kappa shape index (κ2) is 9.54. The monoisotopic (exact) mass is 208 g/mol. The first-order valence-electron chi connectivity index (χ1n) is 3.13. The normalized spacial score (nSPS) is 9.00. The number of carbonyl (C=O) groups is 1. The molecule has 72 valence electrons. The van der Waals surface area contributed by atoms with Crippen LogP contribution in [0.2, 0.25) is 0 Å². The van der Waals surface area contributed by atoms with Crippen molar-refractivity contribution in [1.29, 1.82) is 0 Å². The topological polar surface area (TPSA) is 77.8 Å². The minimum atomic E-state index is -1.83. The van der Waals surface area contributed by atoms with Gasteiger partial charge in [0.25, 0.3) is 0 Å². The molecule has 0 radical (unpaired) electrons. The molecular formula is C6H18CaNO4+. The van der Waals surface area contributed by atoms with E-state index >= 15 is 0 Å².